The van der Waals surface area contributed by atoms with E-state index in [9.17, 15) is 43.2 Å². The molecule has 0 heterocycles. The summed E-state index contributed by atoms with van der Waals surface area (Å²) < 4.78 is 68.6. The average molecular weight is 1580 g/mol. The number of aliphatic hydroxyl groups is 1. The standard InChI is InChI=1S/C91H148O17P2/c1-5-9-13-17-21-25-29-33-37-40-42-45-48-52-56-60-64-68-72-76-89(94)102-82-87(108-91(96)78-74-70-66-62-58-54-50-46-43-41-38-34-30-26-22-18-14-10-6-2)84-106-110(99,100)104-80-85(92)79-103-109(97,98)105-83-86(81-101-88(93)75-71-67-63-59-55-51-47-36-32-28-24-20-16-12-8-4)107-90(95)77-73-69-65-61-57-53-49-44-39-35-31-27-23-19-15-11-7-3/h9,13,21-23,25-27,33-39,42-43,45-47,49,52-54,56,58,61,65-66,70,85-87,92H,5-8,10-12,14-20,24,28-32,40-41,44,48,50-51,55,57,59-60,62-64,67-69,71-84H2,1-4H3,(H,97,98)(H,99,100)/b13-9-,25-21-,26-22-,27-23-,37-33-,38-34-,39-35-,45-42-,46-43-,47-36-,53-49-,56-52-,58-54-,65-61-,70-66-/t85-,86+,87+/m0/s1. The molecule has 0 aromatic carbocycles. The van der Waals surface area contributed by atoms with Crippen LogP contribution in [0.15, 0.2) is 182 Å². The van der Waals surface area contributed by atoms with Gasteiger partial charge in [-0.15, -0.1) is 0 Å². The molecule has 0 saturated carbocycles. The number of carbonyl (C=O) groups excluding carboxylic acids is 4. The number of phosphoric ester groups is 2. The van der Waals surface area contributed by atoms with Crippen LogP contribution in [0, 0.1) is 0 Å². The number of unbranched alkanes of at least 4 members (excludes halogenated alkanes) is 21. The Morgan fingerprint density at radius 2 is 0.500 bits per heavy atom. The maximum atomic E-state index is 13.1. The van der Waals surface area contributed by atoms with Crippen LogP contribution in [0.4, 0.5) is 0 Å². The summed E-state index contributed by atoms with van der Waals surface area (Å²) in [6, 6.07) is 0. The molecule has 0 fully saturated rings. The van der Waals surface area contributed by atoms with Gasteiger partial charge in [0.15, 0.2) is 12.2 Å². The van der Waals surface area contributed by atoms with Crippen molar-refractivity contribution in [3.8, 4) is 0 Å². The number of allylic oxidation sites excluding steroid dienone is 30. The van der Waals surface area contributed by atoms with Crippen molar-refractivity contribution in [3.05, 3.63) is 182 Å². The van der Waals surface area contributed by atoms with Crippen LogP contribution in [-0.2, 0) is 65.4 Å². The van der Waals surface area contributed by atoms with Crippen LogP contribution in [-0.4, -0.2) is 96.7 Å². The predicted octanol–water partition coefficient (Wildman–Crippen LogP) is 25.1. The average Bonchev–Trinajstić information content (AvgIpc) is 0.907. The van der Waals surface area contributed by atoms with Crippen molar-refractivity contribution >= 4 is 39.5 Å². The largest absolute Gasteiger partial charge is 0.472 e. The first-order valence-corrected chi connectivity index (χ1v) is 45.0. The lowest BCUT2D eigenvalue weighted by Crippen LogP contribution is -2.30. The highest BCUT2D eigenvalue weighted by Crippen LogP contribution is 2.45. The zero-order valence-electron chi connectivity index (χ0n) is 68.4. The minimum absolute atomic E-state index is 0.00927. The number of rotatable bonds is 77. The molecular formula is C91H148O17P2. The molecule has 0 aliphatic carbocycles. The number of ether oxygens (including phenoxy) is 4. The van der Waals surface area contributed by atoms with Gasteiger partial charge in [-0.2, -0.15) is 0 Å². The van der Waals surface area contributed by atoms with Crippen molar-refractivity contribution in [2.45, 2.75) is 329 Å². The molecule has 0 aliphatic heterocycles. The van der Waals surface area contributed by atoms with Gasteiger partial charge in [0.2, 0.25) is 0 Å². The molecule has 0 aliphatic rings. The summed E-state index contributed by atoms with van der Waals surface area (Å²) in [6.07, 6.45) is 98.8. The smallest absolute Gasteiger partial charge is 0.462 e. The second-order valence-electron chi connectivity index (χ2n) is 27.3. The van der Waals surface area contributed by atoms with Crippen LogP contribution in [0.5, 0.6) is 0 Å². The predicted molar refractivity (Wildman–Crippen MR) is 454 cm³/mol. The third-order valence-corrected chi connectivity index (χ3v) is 18.7. The van der Waals surface area contributed by atoms with Crippen LogP contribution in [0.3, 0.4) is 0 Å². The molecule has 17 nitrogen and oxygen atoms in total. The molecule has 0 spiro atoms. The highest BCUT2D eigenvalue weighted by molar-refractivity contribution is 7.47. The van der Waals surface area contributed by atoms with Gasteiger partial charge in [0.1, 0.15) is 19.3 Å². The van der Waals surface area contributed by atoms with Gasteiger partial charge < -0.3 is 33.8 Å². The quantitative estimate of drug-likeness (QED) is 0.0169. The van der Waals surface area contributed by atoms with E-state index in [1.165, 1.54) is 77.0 Å². The van der Waals surface area contributed by atoms with E-state index in [-0.39, 0.29) is 25.7 Å². The van der Waals surface area contributed by atoms with Crippen LogP contribution in [0.1, 0.15) is 310 Å². The van der Waals surface area contributed by atoms with E-state index in [0.717, 1.165) is 141 Å². The summed E-state index contributed by atoms with van der Waals surface area (Å²) in [5.41, 5.74) is 0. The maximum absolute atomic E-state index is 13.1. The number of carbonyl (C=O) groups is 4. The number of phosphoric acid groups is 2. The molecule has 2 unspecified atom stereocenters. The van der Waals surface area contributed by atoms with Gasteiger partial charge in [-0.3, -0.25) is 37.3 Å². The minimum atomic E-state index is -5.02. The minimum Gasteiger partial charge on any atom is -0.462 e. The second kappa shape index (κ2) is 81.2. The van der Waals surface area contributed by atoms with E-state index in [4.69, 9.17) is 37.0 Å². The topological polar surface area (TPSA) is 237 Å². The van der Waals surface area contributed by atoms with Crippen molar-refractivity contribution in [2.24, 2.45) is 0 Å². The molecule has 0 aromatic heterocycles. The van der Waals surface area contributed by atoms with E-state index < -0.39 is 97.5 Å². The SMILES string of the molecule is CC/C=C\C/C=C\C/C=C\C/C=C\C/C=C\CCCCCC(=O)OC[C@H](COP(=O)(O)OC[C@@H](O)COP(=O)(O)OC[C@@H](COC(=O)CCCCCCC/C=C\CCCCCCCC)OC(=O)CCC/C=C\C/C=C\C/C=C\C/C=C\CCCCC)OC(=O)CC/C=C\C/C=C\C/C=C\C/C=C\C/C=C\CCCCC. The molecule has 0 radical (unpaired) electrons. The molecule has 0 rings (SSSR count). The first kappa shape index (κ1) is 104. The maximum Gasteiger partial charge on any atom is 0.472 e. The van der Waals surface area contributed by atoms with Crippen LogP contribution >= 0.6 is 15.6 Å². The van der Waals surface area contributed by atoms with Crippen molar-refractivity contribution in [3.63, 3.8) is 0 Å². The van der Waals surface area contributed by atoms with Gasteiger partial charge in [0.25, 0.3) is 0 Å². The number of esters is 4. The fourth-order valence-corrected chi connectivity index (χ4v) is 12.0. The first-order valence-electron chi connectivity index (χ1n) is 42.0. The molecule has 0 bridgehead atoms. The summed E-state index contributed by atoms with van der Waals surface area (Å²) in [7, 11) is -10.0. The third-order valence-electron chi connectivity index (χ3n) is 16.8. The highest BCUT2D eigenvalue weighted by Gasteiger charge is 2.30. The molecule has 3 N–H and O–H groups in total. The van der Waals surface area contributed by atoms with E-state index in [1.807, 2.05) is 30.4 Å². The van der Waals surface area contributed by atoms with Crippen molar-refractivity contribution in [2.75, 3.05) is 39.6 Å². The van der Waals surface area contributed by atoms with Crippen molar-refractivity contribution in [1.82, 2.24) is 0 Å². The van der Waals surface area contributed by atoms with Gasteiger partial charge in [0, 0.05) is 25.7 Å². The second-order valence-corrected chi connectivity index (χ2v) is 30.2. The van der Waals surface area contributed by atoms with Crippen molar-refractivity contribution < 1.29 is 80.2 Å². The molecule has 0 saturated heterocycles. The van der Waals surface area contributed by atoms with Gasteiger partial charge in [0.05, 0.1) is 26.4 Å². The summed E-state index contributed by atoms with van der Waals surface area (Å²) >= 11 is 0. The van der Waals surface area contributed by atoms with E-state index in [1.54, 1.807) is 0 Å². The Balaban J connectivity index is 5.56. The fraction of sp³-hybridized carbons (Fsp3) is 0.626. The Morgan fingerprint density at radius 3 is 0.845 bits per heavy atom. The molecule has 624 valence electrons. The van der Waals surface area contributed by atoms with E-state index in [2.05, 4.69) is 180 Å². The Morgan fingerprint density at radius 1 is 0.264 bits per heavy atom. The monoisotopic (exact) mass is 1580 g/mol. The van der Waals surface area contributed by atoms with E-state index >= 15 is 0 Å². The number of aliphatic hydroxyl groups excluding tert-OH is 1. The van der Waals surface area contributed by atoms with Crippen LogP contribution in [0.2, 0.25) is 0 Å². The lowest BCUT2D eigenvalue weighted by molar-refractivity contribution is -0.161. The molecular weight excluding hydrogens is 1430 g/mol. The first-order chi connectivity index (χ1) is 53.7. The van der Waals surface area contributed by atoms with Crippen molar-refractivity contribution in [1.29, 1.82) is 0 Å². The summed E-state index contributed by atoms with van der Waals surface area (Å²) in [6.45, 7) is 4.50. The Bertz CT molecular complexity index is 2800. The summed E-state index contributed by atoms with van der Waals surface area (Å²) in [5, 5.41) is 10.7. The highest BCUT2D eigenvalue weighted by atomic mass is 31.2. The summed E-state index contributed by atoms with van der Waals surface area (Å²) in [5.74, 6) is -2.40. The summed E-state index contributed by atoms with van der Waals surface area (Å²) in [4.78, 5) is 73.1. The number of hydrogen-bond acceptors (Lipinski definition) is 15. The lowest BCUT2D eigenvalue weighted by atomic mass is 10.1. The van der Waals surface area contributed by atoms with Gasteiger partial charge >= 0.3 is 39.5 Å². The molecule has 0 aromatic rings. The van der Waals surface area contributed by atoms with Gasteiger partial charge in [-0.25, -0.2) is 9.13 Å². The molecule has 19 heteroatoms. The lowest BCUT2D eigenvalue weighted by Gasteiger charge is -2.21. The molecule has 5 atom stereocenters. The zero-order valence-corrected chi connectivity index (χ0v) is 70.1. The zero-order chi connectivity index (χ0) is 80.3. The normalized spacial score (nSPS) is 14.7. The van der Waals surface area contributed by atoms with Crippen LogP contribution in [0.25, 0.3) is 0 Å². The van der Waals surface area contributed by atoms with Gasteiger partial charge in [-0.05, 0) is 173 Å². The fourth-order valence-electron chi connectivity index (χ4n) is 10.5. The molecule has 0 amide bonds. The Kier molecular flexibility index (Phi) is 76.9. The Hall–Kier alpha value is -5.84. The number of hydrogen-bond donors (Lipinski definition) is 3. The third kappa shape index (κ3) is 80.2. The van der Waals surface area contributed by atoms with E-state index in [0.29, 0.717) is 38.5 Å². The van der Waals surface area contributed by atoms with Crippen LogP contribution < -0.4 is 0 Å². The van der Waals surface area contributed by atoms with Gasteiger partial charge in [-0.1, -0.05) is 293 Å². The molecule has 110 heavy (non-hydrogen) atoms. The Labute approximate surface area is 666 Å².